The second kappa shape index (κ2) is 5.49. The molecule has 18 heavy (non-hydrogen) atoms. The second-order valence-electron chi connectivity index (χ2n) is 3.83. The van der Waals surface area contributed by atoms with Gasteiger partial charge in [-0.3, -0.25) is 0 Å². The lowest BCUT2D eigenvalue weighted by Crippen LogP contribution is -2.01. The zero-order chi connectivity index (χ0) is 13.1. The normalized spacial score (nSPS) is 12.6. The maximum Gasteiger partial charge on any atom is 0.258 e. The molecule has 0 aliphatic heterocycles. The lowest BCUT2D eigenvalue weighted by Gasteiger charge is -2.06. The highest BCUT2D eigenvalue weighted by molar-refractivity contribution is 9.10. The van der Waals surface area contributed by atoms with Crippen molar-refractivity contribution in [2.75, 3.05) is 12.8 Å². The van der Waals surface area contributed by atoms with Crippen molar-refractivity contribution in [3.63, 3.8) is 0 Å². The average molecular weight is 312 g/mol. The van der Waals surface area contributed by atoms with E-state index in [1.165, 1.54) is 0 Å². The molecule has 0 saturated heterocycles. The van der Waals surface area contributed by atoms with Gasteiger partial charge in [-0.05, 0) is 40.5 Å². The van der Waals surface area contributed by atoms with Crippen molar-refractivity contribution < 1.29 is 9.26 Å². The van der Waals surface area contributed by atoms with E-state index in [1.54, 1.807) is 13.2 Å². The molecule has 0 saturated carbocycles. The standard InChI is InChI=1S/C12H14BrN3O2/c1-3-10(17-2)11-15-12(18-16-11)7-4-5-8(13)9(14)6-7/h4-6,10H,3,14H2,1-2H3. The van der Waals surface area contributed by atoms with E-state index in [4.69, 9.17) is 15.0 Å². The monoisotopic (exact) mass is 311 g/mol. The minimum absolute atomic E-state index is 0.143. The Bertz CT molecular complexity index is 538. The Labute approximate surface area is 113 Å². The van der Waals surface area contributed by atoms with Gasteiger partial charge in [0.1, 0.15) is 6.10 Å². The van der Waals surface area contributed by atoms with E-state index in [-0.39, 0.29) is 6.10 Å². The molecule has 1 heterocycles. The number of hydrogen-bond donors (Lipinski definition) is 1. The van der Waals surface area contributed by atoms with Crippen LogP contribution in [0.25, 0.3) is 11.5 Å². The largest absolute Gasteiger partial charge is 0.398 e. The number of benzene rings is 1. The van der Waals surface area contributed by atoms with Crippen LogP contribution in [0.5, 0.6) is 0 Å². The number of nitrogens with zero attached hydrogens (tertiary/aromatic N) is 2. The summed E-state index contributed by atoms with van der Waals surface area (Å²) < 4.78 is 11.3. The third-order valence-electron chi connectivity index (χ3n) is 2.63. The Kier molecular flexibility index (Phi) is 3.98. The molecule has 0 aliphatic carbocycles. The van der Waals surface area contributed by atoms with E-state index in [1.807, 2.05) is 19.1 Å². The third-order valence-corrected chi connectivity index (χ3v) is 3.35. The number of rotatable bonds is 4. The first-order chi connectivity index (χ1) is 8.65. The average Bonchev–Trinajstić information content (AvgIpc) is 2.84. The quantitative estimate of drug-likeness (QED) is 0.878. The summed E-state index contributed by atoms with van der Waals surface area (Å²) in [6, 6.07) is 5.50. The van der Waals surface area contributed by atoms with Gasteiger partial charge in [0.2, 0.25) is 5.82 Å². The van der Waals surface area contributed by atoms with Crippen LogP contribution in [0.1, 0.15) is 25.3 Å². The van der Waals surface area contributed by atoms with E-state index < -0.39 is 0 Å². The molecule has 0 spiro atoms. The summed E-state index contributed by atoms with van der Waals surface area (Å²) in [5.41, 5.74) is 7.24. The van der Waals surface area contributed by atoms with Crippen molar-refractivity contribution in [3.8, 4) is 11.5 Å². The number of ether oxygens (including phenoxy) is 1. The first-order valence-corrected chi connectivity index (χ1v) is 6.36. The Morgan fingerprint density at radius 3 is 2.89 bits per heavy atom. The Morgan fingerprint density at radius 2 is 2.28 bits per heavy atom. The van der Waals surface area contributed by atoms with Crippen molar-refractivity contribution >= 4 is 21.6 Å². The van der Waals surface area contributed by atoms with Gasteiger partial charge in [0.25, 0.3) is 5.89 Å². The fraction of sp³-hybridized carbons (Fsp3) is 0.333. The summed E-state index contributed by atoms with van der Waals surface area (Å²) in [4.78, 5) is 4.32. The smallest absolute Gasteiger partial charge is 0.258 e. The van der Waals surface area contributed by atoms with Gasteiger partial charge in [-0.15, -0.1) is 0 Å². The van der Waals surface area contributed by atoms with E-state index >= 15 is 0 Å². The molecule has 6 heteroatoms. The molecule has 0 amide bonds. The van der Waals surface area contributed by atoms with Crippen molar-refractivity contribution in [2.45, 2.75) is 19.4 Å². The lowest BCUT2D eigenvalue weighted by atomic mass is 10.2. The third kappa shape index (κ3) is 2.54. The predicted octanol–water partition coefficient (Wildman–Crippen LogP) is 3.18. The van der Waals surface area contributed by atoms with Gasteiger partial charge in [-0.1, -0.05) is 12.1 Å². The molecule has 0 fully saturated rings. The number of nitrogens with two attached hydrogens (primary N) is 1. The molecule has 0 bridgehead atoms. The molecule has 1 atom stereocenters. The van der Waals surface area contributed by atoms with Crippen LogP contribution in [0, 0.1) is 0 Å². The molecule has 0 aliphatic rings. The highest BCUT2D eigenvalue weighted by Gasteiger charge is 2.17. The zero-order valence-electron chi connectivity index (χ0n) is 10.2. The molecular weight excluding hydrogens is 298 g/mol. The molecular formula is C12H14BrN3O2. The van der Waals surface area contributed by atoms with E-state index in [0.717, 1.165) is 16.5 Å². The van der Waals surface area contributed by atoms with Crippen LogP contribution in [0.2, 0.25) is 0 Å². The molecule has 1 unspecified atom stereocenters. The highest BCUT2D eigenvalue weighted by atomic mass is 79.9. The van der Waals surface area contributed by atoms with Gasteiger partial charge in [0.05, 0.1) is 0 Å². The fourth-order valence-electron chi connectivity index (χ4n) is 1.61. The first-order valence-electron chi connectivity index (χ1n) is 5.57. The SMILES string of the molecule is CCC(OC)c1noc(-c2ccc(Br)c(N)c2)n1. The van der Waals surface area contributed by atoms with Crippen LogP contribution >= 0.6 is 15.9 Å². The zero-order valence-corrected chi connectivity index (χ0v) is 11.8. The van der Waals surface area contributed by atoms with Gasteiger partial charge < -0.3 is 15.0 Å². The molecule has 1 aromatic carbocycles. The van der Waals surface area contributed by atoms with Crippen LogP contribution in [0.3, 0.4) is 0 Å². The Balaban J connectivity index is 2.31. The summed E-state index contributed by atoms with van der Waals surface area (Å²) >= 11 is 3.34. The summed E-state index contributed by atoms with van der Waals surface area (Å²) in [7, 11) is 1.63. The van der Waals surface area contributed by atoms with Crippen LogP contribution in [-0.2, 0) is 4.74 Å². The highest BCUT2D eigenvalue weighted by Crippen LogP contribution is 2.27. The summed E-state index contributed by atoms with van der Waals surface area (Å²) in [6.45, 7) is 2.00. The van der Waals surface area contributed by atoms with E-state index in [2.05, 4.69) is 26.1 Å². The minimum atomic E-state index is -0.143. The fourth-order valence-corrected chi connectivity index (χ4v) is 1.86. The topological polar surface area (TPSA) is 74.2 Å². The minimum Gasteiger partial charge on any atom is -0.398 e. The Hall–Kier alpha value is -1.40. The molecule has 0 radical (unpaired) electrons. The number of anilines is 1. The van der Waals surface area contributed by atoms with Crippen LogP contribution in [0.4, 0.5) is 5.69 Å². The summed E-state index contributed by atoms with van der Waals surface area (Å²) in [5, 5.41) is 3.92. The second-order valence-corrected chi connectivity index (χ2v) is 4.68. The molecule has 96 valence electrons. The number of methoxy groups -OCH3 is 1. The van der Waals surface area contributed by atoms with Gasteiger partial charge in [-0.25, -0.2) is 0 Å². The molecule has 2 N–H and O–H groups in total. The molecule has 1 aromatic heterocycles. The van der Waals surface area contributed by atoms with Gasteiger partial charge in [0, 0.05) is 22.8 Å². The predicted molar refractivity (Wildman–Crippen MR) is 71.9 cm³/mol. The maximum atomic E-state index is 5.82. The number of nitrogen functional groups attached to an aromatic ring is 1. The van der Waals surface area contributed by atoms with Gasteiger partial charge in [0.15, 0.2) is 0 Å². The van der Waals surface area contributed by atoms with Gasteiger partial charge >= 0.3 is 0 Å². The number of aromatic nitrogens is 2. The van der Waals surface area contributed by atoms with Crippen molar-refractivity contribution in [1.82, 2.24) is 10.1 Å². The van der Waals surface area contributed by atoms with E-state index in [0.29, 0.717) is 17.4 Å². The Morgan fingerprint density at radius 1 is 1.50 bits per heavy atom. The van der Waals surface area contributed by atoms with Crippen LogP contribution in [-0.4, -0.2) is 17.3 Å². The van der Waals surface area contributed by atoms with Gasteiger partial charge in [-0.2, -0.15) is 4.98 Å². The summed E-state index contributed by atoms with van der Waals surface area (Å²) in [6.07, 6.45) is 0.646. The summed E-state index contributed by atoms with van der Waals surface area (Å²) in [5.74, 6) is 0.996. The molecule has 5 nitrogen and oxygen atoms in total. The number of halogens is 1. The molecule has 2 rings (SSSR count). The molecule has 2 aromatic rings. The van der Waals surface area contributed by atoms with Crippen molar-refractivity contribution in [2.24, 2.45) is 0 Å². The first kappa shape index (κ1) is 13.0. The van der Waals surface area contributed by atoms with Crippen LogP contribution in [0.15, 0.2) is 27.2 Å². The van der Waals surface area contributed by atoms with Crippen molar-refractivity contribution in [1.29, 1.82) is 0 Å². The van der Waals surface area contributed by atoms with Crippen LogP contribution < -0.4 is 5.73 Å². The lowest BCUT2D eigenvalue weighted by molar-refractivity contribution is 0.0903. The number of hydrogen-bond acceptors (Lipinski definition) is 5. The van der Waals surface area contributed by atoms with E-state index in [9.17, 15) is 0 Å². The maximum absolute atomic E-state index is 5.82. The van der Waals surface area contributed by atoms with Crippen molar-refractivity contribution in [3.05, 3.63) is 28.5 Å².